The van der Waals surface area contributed by atoms with Crippen molar-refractivity contribution in [1.82, 2.24) is 0 Å². The largest absolute Gasteiger partial charge is 0.393 e. The maximum atomic E-state index is 13.4. The first-order chi connectivity index (χ1) is 7.40. The zero-order chi connectivity index (χ0) is 12.3. The highest BCUT2D eigenvalue weighted by atomic mass is 19.1. The molecule has 0 spiro atoms. The van der Waals surface area contributed by atoms with Gasteiger partial charge in [-0.3, -0.25) is 0 Å². The SMILES string of the molecule is CC(C)c1cc(F)cc(CC(O)C(C)C)c1. The van der Waals surface area contributed by atoms with E-state index in [1.54, 1.807) is 6.07 Å². The molecule has 0 fully saturated rings. The number of benzene rings is 1. The molecule has 0 radical (unpaired) electrons. The lowest BCUT2D eigenvalue weighted by atomic mass is 9.95. The third-order valence-electron chi connectivity index (χ3n) is 2.86. The van der Waals surface area contributed by atoms with Gasteiger partial charge in [-0.05, 0) is 41.5 Å². The summed E-state index contributed by atoms with van der Waals surface area (Å²) in [4.78, 5) is 0. The van der Waals surface area contributed by atoms with Crippen molar-refractivity contribution >= 4 is 0 Å². The minimum atomic E-state index is -0.401. The van der Waals surface area contributed by atoms with Crippen LogP contribution in [0.1, 0.15) is 44.7 Å². The van der Waals surface area contributed by atoms with E-state index in [2.05, 4.69) is 0 Å². The van der Waals surface area contributed by atoms with Crippen molar-refractivity contribution in [1.29, 1.82) is 0 Å². The predicted octanol–water partition coefficient (Wildman–Crippen LogP) is 3.51. The number of rotatable bonds is 4. The lowest BCUT2D eigenvalue weighted by Crippen LogP contribution is -2.17. The first-order valence-electron chi connectivity index (χ1n) is 5.87. The molecule has 1 atom stereocenters. The molecular formula is C14H21FO. The maximum Gasteiger partial charge on any atom is 0.123 e. The van der Waals surface area contributed by atoms with Crippen molar-refractivity contribution in [3.63, 3.8) is 0 Å². The molecule has 1 aromatic rings. The quantitative estimate of drug-likeness (QED) is 0.829. The van der Waals surface area contributed by atoms with Gasteiger partial charge >= 0.3 is 0 Å². The van der Waals surface area contributed by atoms with Crippen LogP contribution in [-0.4, -0.2) is 11.2 Å². The third kappa shape index (κ3) is 3.60. The molecule has 0 aliphatic carbocycles. The number of halogens is 1. The number of aliphatic hydroxyl groups is 1. The minimum Gasteiger partial charge on any atom is -0.393 e. The molecule has 0 saturated carbocycles. The molecule has 0 amide bonds. The fourth-order valence-corrected chi connectivity index (χ4v) is 1.60. The molecule has 90 valence electrons. The second-order valence-corrected chi connectivity index (χ2v) is 5.06. The van der Waals surface area contributed by atoms with Crippen LogP contribution in [0.3, 0.4) is 0 Å². The summed E-state index contributed by atoms with van der Waals surface area (Å²) in [5.41, 5.74) is 1.87. The van der Waals surface area contributed by atoms with E-state index in [-0.39, 0.29) is 11.7 Å². The summed E-state index contributed by atoms with van der Waals surface area (Å²) in [5, 5.41) is 9.78. The second kappa shape index (κ2) is 5.44. The van der Waals surface area contributed by atoms with Crippen LogP contribution in [-0.2, 0) is 6.42 Å². The molecule has 0 aliphatic heterocycles. The highest BCUT2D eigenvalue weighted by Gasteiger charge is 2.12. The van der Waals surface area contributed by atoms with Crippen LogP contribution in [0, 0.1) is 11.7 Å². The Kier molecular flexibility index (Phi) is 4.48. The minimum absolute atomic E-state index is 0.200. The van der Waals surface area contributed by atoms with Gasteiger partial charge in [0.05, 0.1) is 6.10 Å². The summed E-state index contributed by atoms with van der Waals surface area (Å²) in [6.45, 7) is 8.01. The van der Waals surface area contributed by atoms with Gasteiger partial charge in [-0.2, -0.15) is 0 Å². The van der Waals surface area contributed by atoms with E-state index in [9.17, 15) is 9.50 Å². The van der Waals surface area contributed by atoms with Crippen LogP contribution in [0.15, 0.2) is 18.2 Å². The standard InChI is InChI=1S/C14H21FO/c1-9(2)12-5-11(6-13(15)8-12)7-14(16)10(3)4/h5-6,8-10,14,16H,7H2,1-4H3. The lowest BCUT2D eigenvalue weighted by Gasteiger charge is -2.15. The Morgan fingerprint density at radius 1 is 1.12 bits per heavy atom. The normalized spacial score (nSPS) is 13.5. The zero-order valence-electron chi connectivity index (χ0n) is 10.5. The van der Waals surface area contributed by atoms with Gasteiger partial charge < -0.3 is 5.11 Å². The van der Waals surface area contributed by atoms with Crippen molar-refractivity contribution in [2.45, 2.75) is 46.1 Å². The Morgan fingerprint density at radius 2 is 1.75 bits per heavy atom. The fraction of sp³-hybridized carbons (Fsp3) is 0.571. The summed E-state index contributed by atoms with van der Waals surface area (Å²) in [6.07, 6.45) is 0.122. The van der Waals surface area contributed by atoms with E-state index in [1.807, 2.05) is 33.8 Å². The average Bonchev–Trinajstić information content (AvgIpc) is 2.16. The zero-order valence-corrected chi connectivity index (χ0v) is 10.5. The van der Waals surface area contributed by atoms with Gasteiger partial charge in [0.2, 0.25) is 0 Å². The van der Waals surface area contributed by atoms with Crippen molar-refractivity contribution < 1.29 is 9.50 Å². The second-order valence-electron chi connectivity index (χ2n) is 5.06. The topological polar surface area (TPSA) is 20.2 Å². The molecule has 1 aromatic carbocycles. The van der Waals surface area contributed by atoms with E-state index < -0.39 is 6.10 Å². The van der Waals surface area contributed by atoms with Crippen LogP contribution >= 0.6 is 0 Å². The van der Waals surface area contributed by atoms with Crippen LogP contribution in [0.4, 0.5) is 4.39 Å². The smallest absolute Gasteiger partial charge is 0.123 e. The van der Waals surface area contributed by atoms with Crippen LogP contribution < -0.4 is 0 Å². The lowest BCUT2D eigenvalue weighted by molar-refractivity contribution is 0.125. The van der Waals surface area contributed by atoms with Crippen LogP contribution in [0.25, 0.3) is 0 Å². The average molecular weight is 224 g/mol. The van der Waals surface area contributed by atoms with E-state index >= 15 is 0 Å². The van der Waals surface area contributed by atoms with Gasteiger partial charge in [-0.15, -0.1) is 0 Å². The van der Waals surface area contributed by atoms with Crippen LogP contribution in [0.5, 0.6) is 0 Å². The molecule has 0 bridgehead atoms. The Balaban J connectivity index is 2.88. The van der Waals surface area contributed by atoms with E-state index in [4.69, 9.17) is 0 Å². The molecule has 1 N–H and O–H groups in total. The Hall–Kier alpha value is -0.890. The summed E-state index contributed by atoms with van der Waals surface area (Å²) in [7, 11) is 0. The fourth-order valence-electron chi connectivity index (χ4n) is 1.60. The maximum absolute atomic E-state index is 13.4. The predicted molar refractivity (Wildman–Crippen MR) is 65.0 cm³/mol. The van der Waals surface area contributed by atoms with E-state index in [1.165, 1.54) is 6.07 Å². The van der Waals surface area contributed by atoms with Gasteiger partial charge in [0, 0.05) is 0 Å². The summed E-state index contributed by atoms with van der Waals surface area (Å²) in [6, 6.07) is 5.06. The first kappa shape index (κ1) is 13.2. The number of aliphatic hydroxyl groups excluding tert-OH is 1. The number of hydrogen-bond acceptors (Lipinski definition) is 1. The van der Waals surface area contributed by atoms with Crippen molar-refractivity contribution in [2.24, 2.45) is 5.92 Å². The monoisotopic (exact) mass is 224 g/mol. The van der Waals surface area contributed by atoms with Crippen molar-refractivity contribution in [3.05, 3.63) is 35.1 Å². The van der Waals surface area contributed by atoms with E-state index in [0.29, 0.717) is 12.3 Å². The molecule has 0 saturated heterocycles. The molecular weight excluding hydrogens is 203 g/mol. The molecule has 16 heavy (non-hydrogen) atoms. The molecule has 0 aliphatic rings. The first-order valence-corrected chi connectivity index (χ1v) is 5.87. The van der Waals surface area contributed by atoms with Crippen LogP contribution in [0.2, 0.25) is 0 Å². The Morgan fingerprint density at radius 3 is 2.25 bits per heavy atom. The summed E-state index contributed by atoms with van der Waals surface area (Å²) in [5.74, 6) is 0.300. The Bertz CT molecular complexity index is 345. The van der Waals surface area contributed by atoms with Gasteiger partial charge in [-0.1, -0.05) is 33.8 Å². The number of hydrogen-bond donors (Lipinski definition) is 1. The Labute approximate surface area is 97.3 Å². The molecule has 0 heterocycles. The third-order valence-corrected chi connectivity index (χ3v) is 2.86. The summed E-state index contributed by atoms with van der Waals surface area (Å²) >= 11 is 0. The van der Waals surface area contributed by atoms with E-state index in [0.717, 1.165) is 11.1 Å². The highest BCUT2D eigenvalue weighted by Crippen LogP contribution is 2.19. The van der Waals surface area contributed by atoms with Gasteiger partial charge in [0.25, 0.3) is 0 Å². The highest BCUT2D eigenvalue weighted by molar-refractivity contribution is 5.27. The molecule has 0 aromatic heterocycles. The molecule has 2 heteroatoms. The summed E-state index contributed by atoms with van der Waals surface area (Å²) < 4.78 is 13.4. The van der Waals surface area contributed by atoms with Crippen molar-refractivity contribution in [3.8, 4) is 0 Å². The van der Waals surface area contributed by atoms with Gasteiger partial charge in [-0.25, -0.2) is 4.39 Å². The van der Waals surface area contributed by atoms with Crippen molar-refractivity contribution in [2.75, 3.05) is 0 Å². The van der Waals surface area contributed by atoms with Gasteiger partial charge in [0.15, 0.2) is 0 Å². The molecule has 1 unspecified atom stereocenters. The van der Waals surface area contributed by atoms with Gasteiger partial charge in [0.1, 0.15) is 5.82 Å². The molecule has 1 rings (SSSR count). The molecule has 1 nitrogen and oxygen atoms in total.